The van der Waals surface area contributed by atoms with Gasteiger partial charge < -0.3 is 23.9 Å². The summed E-state index contributed by atoms with van der Waals surface area (Å²) in [5.41, 5.74) is 20.4. The second-order valence-electron chi connectivity index (χ2n) is 19.6. The number of hydrogen-bond acceptors (Lipinski definition) is 2. The van der Waals surface area contributed by atoms with Gasteiger partial charge in [-0.05, 0) is 107 Å². The highest BCUT2D eigenvalue weighted by Crippen LogP contribution is 2.54. The highest BCUT2D eigenvalue weighted by atomic mass is 15.2. The summed E-state index contributed by atoms with van der Waals surface area (Å²) in [6, 6.07) is 69.8. The van der Waals surface area contributed by atoms with Crippen molar-refractivity contribution in [3.05, 3.63) is 205 Å². The molecular weight excluding hydrogens is 827 g/mol. The first kappa shape index (κ1) is 40.3. The molecule has 0 saturated carbocycles. The minimum atomic E-state index is 0.326. The molecule has 0 unspecified atom stereocenters. The molecule has 330 valence electrons. The van der Waals surface area contributed by atoms with E-state index in [0.29, 0.717) is 17.8 Å². The Balaban J connectivity index is 1.19. The fourth-order valence-corrected chi connectivity index (χ4v) is 11.5. The van der Waals surface area contributed by atoms with Crippen LogP contribution in [-0.4, -0.2) is 13.7 Å². The highest BCUT2D eigenvalue weighted by Gasteiger charge is 2.32. The molecule has 0 atom stereocenters. The van der Waals surface area contributed by atoms with E-state index in [-0.39, 0.29) is 0 Å². The molecule has 1 N–H and O–H groups in total. The average molecular weight is 880 g/mol. The molecule has 0 aliphatic carbocycles. The molecule has 5 heteroatoms. The zero-order valence-electron chi connectivity index (χ0n) is 39.4. The van der Waals surface area contributed by atoms with Crippen molar-refractivity contribution in [3.8, 4) is 17.1 Å². The van der Waals surface area contributed by atoms with Crippen molar-refractivity contribution in [1.82, 2.24) is 13.7 Å². The molecule has 1 aliphatic rings. The minimum absolute atomic E-state index is 0.326. The predicted octanol–water partition coefficient (Wildman–Crippen LogP) is 17.9. The molecule has 0 bridgehead atoms. The van der Waals surface area contributed by atoms with Gasteiger partial charge in [0, 0.05) is 49.4 Å². The molecule has 0 saturated heterocycles. The minimum Gasteiger partial charge on any atom is -0.352 e. The SMILES string of the molecule is CC(C)c1cc(C(C)C)c(N2c3ccccc3Nc3cc(-n4c5ccccc5c5c6c(c7ccccc7n6-c6ccccc6)c6c(c7ccccc7n6-c6ccccc6)c54)ccc32)c(C(C)C)c1. The first-order chi connectivity index (χ1) is 33.3. The summed E-state index contributed by atoms with van der Waals surface area (Å²) in [4.78, 5) is 2.55. The van der Waals surface area contributed by atoms with Crippen LogP contribution in [0.1, 0.15) is 76.0 Å². The van der Waals surface area contributed by atoms with Gasteiger partial charge in [0.05, 0.1) is 61.5 Å². The van der Waals surface area contributed by atoms with Gasteiger partial charge in [0.25, 0.3) is 0 Å². The molecular formula is C63H53N5. The van der Waals surface area contributed by atoms with Crippen LogP contribution in [0.2, 0.25) is 0 Å². The maximum absolute atomic E-state index is 3.97. The van der Waals surface area contributed by atoms with Gasteiger partial charge in [-0.3, -0.25) is 0 Å². The van der Waals surface area contributed by atoms with Crippen LogP contribution in [0.25, 0.3) is 82.5 Å². The number of nitrogens with one attached hydrogen (secondary N) is 1. The zero-order chi connectivity index (χ0) is 45.9. The number of para-hydroxylation sites is 7. The lowest BCUT2D eigenvalue weighted by Crippen LogP contribution is -2.21. The summed E-state index contributed by atoms with van der Waals surface area (Å²) < 4.78 is 7.59. The van der Waals surface area contributed by atoms with Crippen molar-refractivity contribution in [2.75, 3.05) is 10.2 Å². The topological polar surface area (TPSA) is 30.1 Å². The normalized spacial score (nSPS) is 12.8. The van der Waals surface area contributed by atoms with Crippen LogP contribution in [0.15, 0.2) is 188 Å². The molecule has 0 radical (unpaired) electrons. The number of rotatable bonds is 7. The lowest BCUT2D eigenvalue weighted by Gasteiger charge is -2.38. The quantitative estimate of drug-likeness (QED) is 0.173. The van der Waals surface area contributed by atoms with Crippen molar-refractivity contribution in [1.29, 1.82) is 0 Å². The Kier molecular flexibility index (Phi) is 9.04. The van der Waals surface area contributed by atoms with Gasteiger partial charge in [-0.25, -0.2) is 0 Å². The number of benzene rings is 9. The predicted molar refractivity (Wildman–Crippen MR) is 290 cm³/mol. The second-order valence-corrected chi connectivity index (χ2v) is 19.6. The van der Waals surface area contributed by atoms with Crippen molar-refractivity contribution in [3.63, 3.8) is 0 Å². The molecule has 3 aromatic heterocycles. The van der Waals surface area contributed by atoms with E-state index < -0.39 is 0 Å². The number of anilines is 5. The zero-order valence-corrected chi connectivity index (χ0v) is 39.4. The Morgan fingerprint density at radius 2 is 0.765 bits per heavy atom. The standard InChI is InChI=1S/C63H53N5/c1-38(2)41-35-48(39(3)4)60(49(36-41)40(5)6)68-55-32-20-16-28-50(55)64-51-37-44(33-34-56(51)68)67-54-31-19-15-27-47(54)59-62-57(45-25-13-17-29-52(45)65(62)42-21-9-7-10-22-42)61-58(63(59)67)46-26-14-18-30-53(46)66(61)43-23-11-8-12-24-43/h7-40,64H,1-6H3. The molecule has 1 aliphatic heterocycles. The van der Waals surface area contributed by atoms with E-state index in [2.05, 4.69) is 254 Å². The molecule has 9 aromatic carbocycles. The summed E-state index contributed by atoms with van der Waals surface area (Å²) in [5, 5.41) is 11.4. The Bertz CT molecular complexity index is 3880. The molecule has 13 rings (SSSR count). The van der Waals surface area contributed by atoms with Crippen LogP contribution in [0.4, 0.5) is 28.4 Å². The number of nitrogens with zero attached hydrogens (tertiary/aromatic N) is 4. The van der Waals surface area contributed by atoms with Crippen LogP contribution < -0.4 is 10.2 Å². The van der Waals surface area contributed by atoms with Crippen LogP contribution in [0, 0.1) is 0 Å². The van der Waals surface area contributed by atoms with E-state index in [1.165, 1.54) is 87.8 Å². The smallest absolute Gasteiger partial charge is 0.0699 e. The maximum Gasteiger partial charge on any atom is 0.0699 e. The van der Waals surface area contributed by atoms with Crippen molar-refractivity contribution < 1.29 is 0 Å². The first-order valence-electron chi connectivity index (χ1n) is 24.3. The van der Waals surface area contributed by atoms with Crippen molar-refractivity contribution in [2.45, 2.75) is 59.3 Å². The lowest BCUT2D eigenvalue weighted by molar-refractivity contribution is 0.802. The summed E-state index contributed by atoms with van der Waals surface area (Å²) in [6.07, 6.45) is 0. The highest BCUT2D eigenvalue weighted by molar-refractivity contribution is 6.40. The Labute approximate surface area is 397 Å². The van der Waals surface area contributed by atoms with Crippen LogP contribution >= 0.6 is 0 Å². The van der Waals surface area contributed by atoms with E-state index in [0.717, 1.165) is 39.8 Å². The van der Waals surface area contributed by atoms with Crippen LogP contribution in [0.3, 0.4) is 0 Å². The number of aromatic nitrogens is 3. The lowest BCUT2D eigenvalue weighted by atomic mass is 9.86. The fourth-order valence-electron chi connectivity index (χ4n) is 11.5. The molecule has 5 nitrogen and oxygen atoms in total. The fraction of sp³-hybridized carbons (Fsp3) is 0.143. The van der Waals surface area contributed by atoms with Crippen molar-refractivity contribution >= 4 is 93.9 Å². The van der Waals surface area contributed by atoms with E-state index in [9.17, 15) is 0 Å². The molecule has 0 fully saturated rings. The van der Waals surface area contributed by atoms with E-state index in [1.807, 2.05) is 0 Å². The van der Waals surface area contributed by atoms with Gasteiger partial charge in [0.2, 0.25) is 0 Å². The van der Waals surface area contributed by atoms with Gasteiger partial charge in [0.1, 0.15) is 0 Å². The largest absolute Gasteiger partial charge is 0.352 e. The third-order valence-corrected chi connectivity index (χ3v) is 14.6. The van der Waals surface area contributed by atoms with Gasteiger partial charge in [0.15, 0.2) is 0 Å². The Morgan fingerprint density at radius 3 is 1.24 bits per heavy atom. The maximum atomic E-state index is 3.97. The van der Waals surface area contributed by atoms with E-state index in [1.54, 1.807) is 0 Å². The first-order valence-corrected chi connectivity index (χ1v) is 24.3. The van der Waals surface area contributed by atoms with E-state index in [4.69, 9.17) is 0 Å². The molecule has 68 heavy (non-hydrogen) atoms. The Morgan fingerprint density at radius 1 is 0.353 bits per heavy atom. The second kappa shape index (κ2) is 15.3. The van der Waals surface area contributed by atoms with Gasteiger partial charge >= 0.3 is 0 Å². The molecule has 0 amide bonds. The summed E-state index contributed by atoms with van der Waals surface area (Å²) in [6.45, 7) is 14.0. The van der Waals surface area contributed by atoms with Crippen LogP contribution in [0.5, 0.6) is 0 Å². The molecule has 0 spiro atoms. The average Bonchev–Trinajstić information content (AvgIpc) is 4.01. The monoisotopic (exact) mass is 879 g/mol. The number of hydrogen-bond donors (Lipinski definition) is 1. The van der Waals surface area contributed by atoms with Gasteiger partial charge in [-0.2, -0.15) is 0 Å². The Hall–Kier alpha value is -8.02. The third-order valence-electron chi connectivity index (χ3n) is 14.6. The van der Waals surface area contributed by atoms with Crippen molar-refractivity contribution in [2.24, 2.45) is 0 Å². The summed E-state index contributed by atoms with van der Waals surface area (Å²) in [5.74, 6) is 1.08. The number of fused-ring (bicyclic) bond motifs is 14. The molecule has 12 aromatic rings. The van der Waals surface area contributed by atoms with Gasteiger partial charge in [-0.15, -0.1) is 0 Å². The van der Waals surface area contributed by atoms with Crippen LogP contribution in [-0.2, 0) is 0 Å². The summed E-state index contributed by atoms with van der Waals surface area (Å²) >= 11 is 0. The summed E-state index contributed by atoms with van der Waals surface area (Å²) in [7, 11) is 0. The third kappa shape index (κ3) is 5.75. The van der Waals surface area contributed by atoms with E-state index >= 15 is 0 Å². The molecule has 4 heterocycles. The van der Waals surface area contributed by atoms with Gasteiger partial charge in [-0.1, -0.05) is 157 Å².